The zero-order chi connectivity index (χ0) is 16.8. The molecule has 4 rings (SSSR count). The maximum Gasteiger partial charge on any atom is 0.268 e. The quantitative estimate of drug-likeness (QED) is 0.890. The smallest absolute Gasteiger partial charge is 0.268 e. The maximum atomic E-state index is 12.5. The number of nitrogens with zero attached hydrogens (tertiary/aromatic N) is 3. The van der Waals surface area contributed by atoms with Crippen molar-refractivity contribution in [2.45, 2.75) is 46.1 Å². The lowest BCUT2D eigenvalue weighted by molar-refractivity contribution is 0.0941. The molecular formula is C17H21N5O2. The molecule has 1 unspecified atom stereocenters. The van der Waals surface area contributed by atoms with Gasteiger partial charge >= 0.3 is 0 Å². The summed E-state index contributed by atoms with van der Waals surface area (Å²) in [5.74, 6) is 2.26. The van der Waals surface area contributed by atoms with Crippen LogP contribution in [0.25, 0.3) is 0 Å². The van der Waals surface area contributed by atoms with Gasteiger partial charge in [-0.2, -0.15) is 0 Å². The van der Waals surface area contributed by atoms with Crippen molar-refractivity contribution < 1.29 is 9.59 Å². The summed E-state index contributed by atoms with van der Waals surface area (Å²) in [5, 5.41) is 11.2. The summed E-state index contributed by atoms with van der Waals surface area (Å²) in [6.07, 6.45) is 3.10. The fourth-order valence-electron chi connectivity index (χ4n) is 3.86. The van der Waals surface area contributed by atoms with Crippen molar-refractivity contribution in [3.63, 3.8) is 0 Å². The number of fused-ring (bicyclic) bond motifs is 2. The van der Waals surface area contributed by atoms with Crippen LogP contribution in [0.1, 0.15) is 56.6 Å². The molecule has 2 aromatic heterocycles. The number of aryl methyl sites for hydroxylation is 2. The van der Waals surface area contributed by atoms with Gasteiger partial charge in [0.15, 0.2) is 5.78 Å². The number of aromatic amines is 1. The summed E-state index contributed by atoms with van der Waals surface area (Å²) in [4.78, 5) is 27.8. The third-order valence-corrected chi connectivity index (χ3v) is 5.14. The molecule has 0 fully saturated rings. The largest absolute Gasteiger partial charge is 0.354 e. The van der Waals surface area contributed by atoms with Gasteiger partial charge in [0, 0.05) is 43.1 Å². The van der Waals surface area contributed by atoms with Crippen LogP contribution >= 0.6 is 0 Å². The number of ketones is 1. The van der Waals surface area contributed by atoms with E-state index in [1.165, 1.54) is 0 Å². The third-order valence-electron chi connectivity index (χ3n) is 5.14. The summed E-state index contributed by atoms with van der Waals surface area (Å²) in [6.45, 7) is 5.24. The molecule has 7 nitrogen and oxygen atoms in total. The Kier molecular flexibility index (Phi) is 3.51. The molecule has 2 N–H and O–H groups in total. The highest BCUT2D eigenvalue weighted by Gasteiger charge is 2.28. The number of amides is 1. The molecule has 0 saturated carbocycles. The first-order valence-corrected chi connectivity index (χ1v) is 8.46. The number of nitrogens with one attached hydrogen (secondary N) is 2. The first-order valence-electron chi connectivity index (χ1n) is 8.46. The summed E-state index contributed by atoms with van der Waals surface area (Å²) in [5.41, 5.74) is 2.96. The fraction of sp³-hybridized carbons (Fsp3) is 0.529. The van der Waals surface area contributed by atoms with E-state index in [9.17, 15) is 9.59 Å². The molecule has 24 heavy (non-hydrogen) atoms. The van der Waals surface area contributed by atoms with Gasteiger partial charge in [-0.05, 0) is 32.3 Å². The summed E-state index contributed by atoms with van der Waals surface area (Å²) in [6, 6.07) is 0. The molecular weight excluding hydrogens is 306 g/mol. The normalized spacial score (nSPS) is 19.2. The van der Waals surface area contributed by atoms with E-state index in [0.29, 0.717) is 24.6 Å². The maximum absolute atomic E-state index is 12.5. The molecule has 1 aliphatic heterocycles. The molecule has 1 aliphatic carbocycles. The Bertz CT molecular complexity index is 832. The summed E-state index contributed by atoms with van der Waals surface area (Å²) >= 11 is 0. The van der Waals surface area contributed by atoms with Gasteiger partial charge in [-0.15, -0.1) is 10.2 Å². The monoisotopic (exact) mass is 327 g/mol. The zero-order valence-electron chi connectivity index (χ0n) is 14.0. The van der Waals surface area contributed by atoms with E-state index < -0.39 is 0 Å². The van der Waals surface area contributed by atoms with E-state index >= 15 is 0 Å². The first kappa shape index (κ1) is 15.1. The van der Waals surface area contributed by atoms with Crippen molar-refractivity contribution in [1.29, 1.82) is 0 Å². The lowest BCUT2D eigenvalue weighted by atomic mass is 9.94. The molecule has 0 radical (unpaired) electrons. The second-order valence-electron chi connectivity index (χ2n) is 6.81. The van der Waals surface area contributed by atoms with Gasteiger partial charge in [0.25, 0.3) is 5.91 Å². The Morgan fingerprint density at radius 1 is 1.33 bits per heavy atom. The van der Waals surface area contributed by atoms with Crippen molar-refractivity contribution in [3.8, 4) is 0 Å². The number of carbonyl (C=O) groups is 2. The molecule has 1 atom stereocenters. The number of rotatable bonds is 3. The molecule has 0 spiro atoms. The SMILES string of the molecule is Cc1c(C(=O)NCC2Cc3nnc(C)n3C2)[nH]c2c1C(=O)CCC2. The molecule has 2 aromatic rings. The van der Waals surface area contributed by atoms with Crippen LogP contribution in [-0.2, 0) is 19.4 Å². The van der Waals surface area contributed by atoms with Crippen LogP contribution in [0.4, 0.5) is 0 Å². The van der Waals surface area contributed by atoms with Crippen LogP contribution in [0.5, 0.6) is 0 Å². The predicted molar refractivity (Wildman–Crippen MR) is 87.1 cm³/mol. The molecule has 7 heteroatoms. The molecule has 0 bridgehead atoms. The van der Waals surface area contributed by atoms with Gasteiger partial charge in [-0.25, -0.2) is 0 Å². The lowest BCUT2D eigenvalue weighted by Crippen LogP contribution is -2.30. The van der Waals surface area contributed by atoms with Crippen molar-refractivity contribution in [2.75, 3.05) is 6.54 Å². The van der Waals surface area contributed by atoms with Gasteiger partial charge in [-0.1, -0.05) is 0 Å². The fourth-order valence-corrected chi connectivity index (χ4v) is 3.86. The number of hydrogen-bond donors (Lipinski definition) is 2. The highest BCUT2D eigenvalue weighted by Crippen LogP contribution is 2.26. The van der Waals surface area contributed by atoms with Crippen LogP contribution in [0.3, 0.4) is 0 Å². The molecule has 0 saturated heterocycles. The molecule has 2 aliphatic rings. The number of hydrogen-bond acceptors (Lipinski definition) is 4. The minimum Gasteiger partial charge on any atom is -0.354 e. The Morgan fingerprint density at radius 3 is 2.92 bits per heavy atom. The van der Waals surface area contributed by atoms with Gasteiger partial charge in [0.05, 0.1) is 0 Å². The second-order valence-corrected chi connectivity index (χ2v) is 6.81. The average Bonchev–Trinajstić information content (AvgIpc) is 3.21. The minimum absolute atomic E-state index is 0.130. The highest BCUT2D eigenvalue weighted by molar-refractivity contribution is 6.04. The number of Topliss-reactive ketones (excluding diaryl/α,β-unsaturated/α-hetero) is 1. The van der Waals surface area contributed by atoms with E-state index in [0.717, 1.165) is 54.3 Å². The standard InChI is InChI=1S/C17H21N5O2/c1-9-15-12(4-3-5-13(15)23)19-16(9)17(24)18-7-11-6-14-21-20-10(2)22(14)8-11/h11,19H,3-8H2,1-2H3,(H,18,24). The summed E-state index contributed by atoms with van der Waals surface area (Å²) in [7, 11) is 0. The zero-order valence-corrected chi connectivity index (χ0v) is 14.0. The van der Waals surface area contributed by atoms with Crippen LogP contribution in [0.15, 0.2) is 0 Å². The Morgan fingerprint density at radius 2 is 2.17 bits per heavy atom. The summed E-state index contributed by atoms with van der Waals surface area (Å²) < 4.78 is 2.11. The van der Waals surface area contributed by atoms with Gasteiger partial charge in [0.1, 0.15) is 17.3 Å². The van der Waals surface area contributed by atoms with E-state index in [2.05, 4.69) is 25.1 Å². The van der Waals surface area contributed by atoms with E-state index in [4.69, 9.17) is 0 Å². The molecule has 126 valence electrons. The van der Waals surface area contributed by atoms with E-state index in [1.807, 2.05) is 13.8 Å². The lowest BCUT2D eigenvalue weighted by Gasteiger charge is -2.11. The number of carbonyl (C=O) groups excluding carboxylic acids is 2. The van der Waals surface area contributed by atoms with Crippen LogP contribution in [-0.4, -0.2) is 38.0 Å². The van der Waals surface area contributed by atoms with E-state index in [1.54, 1.807) is 0 Å². The molecule has 0 aromatic carbocycles. The van der Waals surface area contributed by atoms with Crippen LogP contribution in [0, 0.1) is 19.8 Å². The Balaban J connectivity index is 1.43. The first-order chi connectivity index (χ1) is 11.5. The molecule has 3 heterocycles. The molecule has 1 amide bonds. The van der Waals surface area contributed by atoms with Crippen molar-refractivity contribution in [3.05, 3.63) is 34.2 Å². The van der Waals surface area contributed by atoms with Gasteiger partial charge in [-0.3, -0.25) is 9.59 Å². The minimum atomic E-state index is -0.130. The topological polar surface area (TPSA) is 92.7 Å². The Hall–Kier alpha value is -2.44. The van der Waals surface area contributed by atoms with Crippen molar-refractivity contribution >= 4 is 11.7 Å². The number of aromatic nitrogens is 4. The van der Waals surface area contributed by atoms with Crippen molar-refractivity contribution in [2.24, 2.45) is 5.92 Å². The van der Waals surface area contributed by atoms with Gasteiger partial charge in [0.2, 0.25) is 0 Å². The Labute approximate surface area is 139 Å². The van der Waals surface area contributed by atoms with Gasteiger partial charge < -0.3 is 14.9 Å². The van der Waals surface area contributed by atoms with Crippen LogP contribution in [0.2, 0.25) is 0 Å². The highest BCUT2D eigenvalue weighted by atomic mass is 16.2. The predicted octanol–water partition coefficient (Wildman–Crippen LogP) is 1.34. The second kappa shape index (κ2) is 5.58. The van der Waals surface area contributed by atoms with E-state index in [-0.39, 0.29) is 11.7 Å². The third kappa shape index (κ3) is 2.35. The van der Waals surface area contributed by atoms with Crippen LogP contribution < -0.4 is 5.32 Å². The van der Waals surface area contributed by atoms with Crippen molar-refractivity contribution in [1.82, 2.24) is 25.1 Å². The average molecular weight is 327 g/mol. The number of H-pyrrole nitrogens is 1.